The first-order valence-corrected chi connectivity index (χ1v) is 5.61. The van der Waals surface area contributed by atoms with Crippen molar-refractivity contribution in [2.45, 2.75) is 24.4 Å². The van der Waals surface area contributed by atoms with Gasteiger partial charge in [-0.25, -0.2) is 0 Å². The van der Waals surface area contributed by atoms with Crippen molar-refractivity contribution in [2.24, 2.45) is 0 Å². The average Bonchev–Trinajstić information content (AvgIpc) is 2.71. The number of aliphatic carboxylic acids is 1. The van der Waals surface area contributed by atoms with Crippen LogP contribution in [0.5, 0.6) is 0 Å². The summed E-state index contributed by atoms with van der Waals surface area (Å²) < 4.78 is 0. The Bertz CT molecular complexity index is 581. The van der Waals surface area contributed by atoms with Crippen molar-refractivity contribution in [2.75, 3.05) is 0 Å². The monoisotopic (exact) mass is 231 g/mol. The van der Waals surface area contributed by atoms with Crippen LogP contribution in [0.15, 0.2) is 30.5 Å². The normalized spacial score (nSPS) is 27.9. The van der Waals surface area contributed by atoms with Crippen LogP contribution in [0.4, 0.5) is 0 Å². The highest BCUT2D eigenvalue weighted by molar-refractivity contribution is 5.92. The lowest BCUT2D eigenvalue weighted by Gasteiger charge is -2.42. The molecule has 0 atom stereocenters. The van der Waals surface area contributed by atoms with Gasteiger partial charge in [-0.3, -0.25) is 4.79 Å². The van der Waals surface area contributed by atoms with Gasteiger partial charge in [0.15, 0.2) is 0 Å². The Morgan fingerprint density at radius 1 is 1.35 bits per heavy atom. The van der Waals surface area contributed by atoms with Crippen LogP contribution in [0.25, 0.3) is 10.9 Å². The van der Waals surface area contributed by atoms with Crippen molar-refractivity contribution < 1.29 is 15.0 Å². The Labute approximate surface area is 97.9 Å². The van der Waals surface area contributed by atoms with E-state index in [-0.39, 0.29) is 0 Å². The minimum Gasteiger partial charge on any atom is -0.481 e. The van der Waals surface area contributed by atoms with E-state index in [4.69, 9.17) is 0 Å². The van der Waals surface area contributed by atoms with E-state index >= 15 is 0 Å². The summed E-state index contributed by atoms with van der Waals surface area (Å²) in [6.07, 6.45) is 1.90. The molecular weight excluding hydrogens is 218 g/mol. The number of hydrogen-bond acceptors (Lipinski definition) is 2. The van der Waals surface area contributed by atoms with E-state index in [1.165, 1.54) is 0 Å². The molecule has 17 heavy (non-hydrogen) atoms. The van der Waals surface area contributed by atoms with Crippen LogP contribution in [0.1, 0.15) is 18.4 Å². The number of carbonyl (C=O) groups is 1. The summed E-state index contributed by atoms with van der Waals surface area (Å²) in [6.45, 7) is 0. The zero-order valence-electron chi connectivity index (χ0n) is 9.18. The molecule has 0 aliphatic heterocycles. The second-order valence-electron chi connectivity index (χ2n) is 4.69. The lowest BCUT2D eigenvalue weighted by Crippen LogP contribution is -2.50. The van der Waals surface area contributed by atoms with Crippen LogP contribution in [-0.4, -0.2) is 27.3 Å². The smallest absolute Gasteiger partial charge is 0.314 e. The van der Waals surface area contributed by atoms with Crippen LogP contribution in [0.2, 0.25) is 0 Å². The second-order valence-corrected chi connectivity index (χ2v) is 4.69. The Morgan fingerprint density at radius 3 is 2.76 bits per heavy atom. The first-order valence-electron chi connectivity index (χ1n) is 5.61. The van der Waals surface area contributed by atoms with Crippen LogP contribution >= 0.6 is 0 Å². The molecule has 0 radical (unpaired) electrons. The molecule has 0 unspecified atom stereocenters. The number of aromatic nitrogens is 1. The van der Waals surface area contributed by atoms with Gasteiger partial charge in [0.2, 0.25) is 0 Å². The van der Waals surface area contributed by atoms with Crippen molar-refractivity contribution in [3.63, 3.8) is 0 Å². The van der Waals surface area contributed by atoms with Gasteiger partial charge in [0.05, 0.1) is 11.5 Å². The fourth-order valence-electron chi connectivity index (χ4n) is 2.76. The first-order chi connectivity index (χ1) is 8.13. The maximum absolute atomic E-state index is 11.5. The van der Waals surface area contributed by atoms with Gasteiger partial charge in [-0.05, 0) is 30.5 Å². The quantitative estimate of drug-likeness (QED) is 0.735. The fourth-order valence-corrected chi connectivity index (χ4v) is 2.76. The number of carboxylic acid groups (broad SMARTS) is 1. The van der Waals surface area contributed by atoms with E-state index in [0.717, 1.165) is 16.5 Å². The van der Waals surface area contributed by atoms with E-state index in [2.05, 4.69) is 4.98 Å². The zero-order valence-corrected chi connectivity index (χ0v) is 9.18. The standard InChI is InChI=1S/C13H13NO3/c15-8-6-13(7-8,12(16)17)10-2-1-3-11-9(10)4-5-14-11/h1-5,8,14-15H,6-7H2,(H,16,17). The lowest BCUT2D eigenvalue weighted by atomic mass is 9.62. The molecule has 0 saturated heterocycles. The number of fused-ring (bicyclic) bond motifs is 1. The predicted molar refractivity (Wildman–Crippen MR) is 62.9 cm³/mol. The lowest BCUT2D eigenvalue weighted by molar-refractivity contribution is -0.152. The number of hydrogen-bond donors (Lipinski definition) is 3. The SMILES string of the molecule is O=C(O)C1(c2cccc3[nH]ccc23)CC(O)C1. The summed E-state index contributed by atoms with van der Waals surface area (Å²) in [6, 6.07) is 7.50. The predicted octanol–water partition coefficient (Wildman–Crippen LogP) is 1.65. The van der Waals surface area contributed by atoms with Gasteiger partial charge in [0, 0.05) is 17.1 Å². The summed E-state index contributed by atoms with van der Waals surface area (Å²) in [4.78, 5) is 14.6. The number of H-pyrrole nitrogens is 1. The highest BCUT2D eigenvalue weighted by atomic mass is 16.4. The molecule has 4 nitrogen and oxygen atoms in total. The van der Waals surface area contributed by atoms with Crippen LogP contribution < -0.4 is 0 Å². The Balaban J connectivity index is 2.20. The van der Waals surface area contributed by atoms with Gasteiger partial charge < -0.3 is 15.2 Å². The van der Waals surface area contributed by atoms with E-state index < -0.39 is 17.5 Å². The molecule has 0 bridgehead atoms. The number of aliphatic hydroxyl groups is 1. The average molecular weight is 231 g/mol. The maximum atomic E-state index is 11.5. The molecule has 1 fully saturated rings. The summed E-state index contributed by atoms with van der Waals surface area (Å²) in [5.41, 5.74) is 0.819. The first kappa shape index (κ1) is 10.4. The Hall–Kier alpha value is -1.81. The van der Waals surface area contributed by atoms with Crippen LogP contribution in [0.3, 0.4) is 0 Å². The molecule has 1 aliphatic carbocycles. The summed E-state index contributed by atoms with van der Waals surface area (Å²) in [5, 5.41) is 19.8. The van der Waals surface area contributed by atoms with E-state index in [1.807, 2.05) is 24.3 Å². The second kappa shape index (κ2) is 3.34. The minimum absolute atomic E-state index is 0.298. The molecule has 3 N–H and O–H groups in total. The molecule has 1 aromatic carbocycles. The highest BCUT2D eigenvalue weighted by Gasteiger charge is 2.51. The molecule has 3 rings (SSSR count). The fraction of sp³-hybridized carbons (Fsp3) is 0.308. The highest BCUT2D eigenvalue weighted by Crippen LogP contribution is 2.46. The van der Waals surface area contributed by atoms with Crippen LogP contribution in [0, 0.1) is 0 Å². The van der Waals surface area contributed by atoms with Gasteiger partial charge in [0.1, 0.15) is 0 Å². The molecule has 0 amide bonds. The Morgan fingerprint density at radius 2 is 2.12 bits per heavy atom. The van der Waals surface area contributed by atoms with Gasteiger partial charge in [-0.2, -0.15) is 0 Å². The third kappa shape index (κ3) is 1.31. The summed E-state index contributed by atoms with van der Waals surface area (Å²) in [7, 11) is 0. The number of aliphatic hydroxyl groups excluding tert-OH is 1. The number of carboxylic acids is 1. The maximum Gasteiger partial charge on any atom is 0.314 e. The third-order valence-corrected chi connectivity index (χ3v) is 3.69. The van der Waals surface area contributed by atoms with E-state index in [9.17, 15) is 15.0 Å². The van der Waals surface area contributed by atoms with Crippen molar-refractivity contribution >= 4 is 16.9 Å². The molecule has 1 heterocycles. The van der Waals surface area contributed by atoms with Crippen molar-refractivity contribution in [1.82, 2.24) is 4.98 Å². The van der Waals surface area contributed by atoms with Crippen LogP contribution in [-0.2, 0) is 10.2 Å². The van der Waals surface area contributed by atoms with Gasteiger partial charge in [-0.1, -0.05) is 12.1 Å². The molecule has 1 saturated carbocycles. The molecule has 1 aromatic heterocycles. The summed E-state index contributed by atoms with van der Waals surface area (Å²) >= 11 is 0. The molecular formula is C13H13NO3. The number of nitrogens with one attached hydrogen (secondary N) is 1. The van der Waals surface area contributed by atoms with Crippen molar-refractivity contribution in [3.05, 3.63) is 36.0 Å². The molecule has 1 aliphatic rings. The summed E-state index contributed by atoms with van der Waals surface area (Å²) in [5.74, 6) is -0.850. The van der Waals surface area contributed by atoms with Gasteiger partial charge in [0.25, 0.3) is 0 Å². The zero-order chi connectivity index (χ0) is 12.0. The topological polar surface area (TPSA) is 73.3 Å². The van der Waals surface area contributed by atoms with Gasteiger partial charge in [-0.15, -0.1) is 0 Å². The van der Waals surface area contributed by atoms with Gasteiger partial charge >= 0.3 is 5.97 Å². The number of benzene rings is 1. The molecule has 2 aromatic rings. The minimum atomic E-state index is -0.916. The van der Waals surface area contributed by atoms with Crippen molar-refractivity contribution in [1.29, 1.82) is 0 Å². The van der Waals surface area contributed by atoms with E-state index in [1.54, 1.807) is 6.20 Å². The molecule has 4 heteroatoms. The largest absolute Gasteiger partial charge is 0.481 e. The molecule has 0 spiro atoms. The number of rotatable bonds is 2. The van der Waals surface area contributed by atoms with E-state index in [0.29, 0.717) is 12.8 Å². The Kier molecular flexibility index (Phi) is 2.03. The third-order valence-electron chi connectivity index (χ3n) is 3.69. The number of aromatic amines is 1. The van der Waals surface area contributed by atoms with Crippen molar-refractivity contribution in [3.8, 4) is 0 Å². The molecule has 88 valence electrons.